The normalized spacial score (nSPS) is 10.3. The van der Waals surface area contributed by atoms with Crippen LogP contribution in [-0.4, -0.2) is 21.6 Å². The maximum absolute atomic E-state index is 11.7. The zero-order valence-electron chi connectivity index (χ0n) is 11.2. The predicted octanol–water partition coefficient (Wildman–Crippen LogP) is 3.23. The molecule has 1 amide bonds. The van der Waals surface area contributed by atoms with Gasteiger partial charge in [0.1, 0.15) is 0 Å². The number of hydrogen-bond donors (Lipinski definition) is 1. The van der Waals surface area contributed by atoms with E-state index in [1.54, 1.807) is 18.2 Å². The molecule has 0 bridgehead atoms. The zero-order valence-corrected chi connectivity index (χ0v) is 12.9. The molecule has 0 unspecified atom stereocenters. The molecule has 2 aromatic rings. The molecule has 0 aliphatic carbocycles. The maximum atomic E-state index is 11.7. The third-order valence-corrected chi connectivity index (χ3v) is 4.40. The minimum atomic E-state index is -0.408. The molecule has 1 aromatic carbocycles. The molecule has 110 valence electrons. The standard InChI is InChI=1S/C13H13N3O3S2/c1-9-6-21-13(14-9)15-12(17)8-20-7-10-4-2-3-5-11(10)16(18)19/h2-6H,7-8H2,1H3,(H,14,15,17). The van der Waals surface area contributed by atoms with E-state index in [1.807, 2.05) is 12.3 Å². The van der Waals surface area contributed by atoms with E-state index in [9.17, 15) is 14.9 Å². The van der Waals surface area contributed by atoms with Gasteiger partial charge in [-0.3, -0.25) is 14.9 Å². The number of aryl methyl sites for hydroxylation is 1. The van der Waals surface area contributed by atoms with Crippen molar-refractivity contribution in [3.63, 3.8) is 0 Å². The number of carbonyl (C=O) groups excluding carboxylic acids is 1. The van der Waals surface area contributed by atoms with Crippen molar-refractivity contribution in [2.24, 2.45) is 0 Å². The van der Waals surface area contributed by atoms with Gasteiger partial charge in [0, 0.05) is 22.8 Å². The number of amides is 1. The van der Waals surface area contributed by atoms with Gasteiger partial charge >= 0.3 is 0 Å². The van der Waals surface area contributed by atoms with E-state index in [4.69, 9.17) is 0 Å². The van der Waals surface area contributed by atoms with E-state index in [0.29, 0.717) is 16.4 Å². The fraction of sp³-hybridized carbons (Fsp3) is 0.231. The Labute approximate surface area is 129 Å². The molecule has 8 heteroatoms. The molecule has 0 saturated heterocycles. The summed E-state index contributed by atoms with van der Waals surface area (Å²) in [4.78, 5) is 26.3. The number of para-hydroxylation sites is 1. The van der Waals surface area contributed by atoms with Crippen LogP contribution in [0.25, 0.3) is 0 Å². The first-order valence-electron chi connectivity index (χ1n) is 6.08. The molecule has 21 heavy (non-hydrogen) atoms. The molecular formula is C13H13N3O3S2. The summed E-state index contributed by atoms with van der Waals surface area (Å²) in [6.45, 7) is 1.86. The van der Waals surface area contributed by atoms with Crippen molar-refractivity contribution >= 4 is 39.8 Å². The van der Waals surface area contributed by atoms with Crippen molar-refractivity contribution in [2.45, 2.75) is 12.7 Å². The summed E-state index contributed by atoms with van der Waals surface area (Å²) in [5, 5.41) is 16.0. The summed E-state index contributed by atoms with van der Waals surface area (Å²) in [6, 6.07) is 6.55. The number of carbonyl (C=O) groups is 1. The van der Waals surface area contributed by atoms with Gasteiger partial charge in [-0.2, -0.15) is 0 Å². The van der Waals surface area contributed by atoms with Gasteiger partial charge in [0.25, 0.3) is 5.69 Å². The molecule has 0 spiro atoms. The highest BCUT2D eigenvalue weighted by Crippen LogP contribution is 2.23. The van der Waals surface area contributed by atoms with E-state index in [-0.39, 0.29) is 17.3 Å². The van der Waals surface area contributed by atoms with Gasteiger partial charge in [0.05, 0.1) is 16.4 Å². The Morgan fingerprint density at radius 3 is 2.90 bits per heavy atom. The highest BCUT2D eigenvalue weighted by Gasteiger charge is 2.13. The van der Waals surface area contributed by atoms with Gasteiger partial charge < -0.3 is 5.32 Å². The number of nitro benzene ring substituents is 1. The van der Waals surface area contributed by atoms with Crippen LogP contribution in [0.2, 0.25) is 0 Å². The van der Waals surface area contributed by atoms with Gasteiger partial charge in [-0.05, 0) is 6.92 Å². The van der Waals surface area contributed by atoms with Crippen LogP contribution in [0.5, 0.6) is 0 Å². The number of rotatable bonds is 6. The molecule has 6 nitrogen and oxygen atoms in total. The van der Waals surface area contributed by atoms with Gasteiger partial charge in [-0.15, -0.1) is 23.1 Å². The zero-order chi connectivity index (χ0) is 15.2. The predicted molar refractivity (Wildman–Crippen MR) is 84.7 cm³/mol. The van der Waals surface area contributed by atoms with Gasteiger partial charge in [-0.25, -0.2) is 4.98 Å². The van der Waals surface area contributed by atoms with Gasteiger partial charge in [-0.1, -0.05) is 18.2 Å². The largest absolute Gasteiger partial charge is 0.301 e. The number of thioether (sulfide) groups is 1. The first kappa shape index (κ1) is 15.5. The molecule has 0 aliphatic heterocycles. The lowest BCUT2D eigenvalue weighted by Crippen LogP contribution is -2.14. The number of nitro groups is 1. The van der Waals surface area contributed by atoms with Crippen LogP contribution in [0.4, 0.5) is 10.8 Å². The number of anilines is 1. The number of thiazole rings is 1. The lowest BCUT2D eigenvalue weighted by Gasteiger charge is -2.03. The van der Waals surface area contributed by atoms with Crippen LogP contribution < -0.4 is 5.32 Å². The number of hydrogen-bond acceptors (Lipinski definition) is 6. The summed E-state index contributed by atoms with van der Waals surface area (Å²) in [7, 11) is 0. The van der Waals surface area contributed by atoms with E-state index in [2.05, 4.69) is 10.3 Å². The lowest BCUT2D eigenvalue weighted by atomic mass is 10.2. The summed E-state index contributed by atoms with van der Waals surface area (Å²) < 4.78 is 0. The Hall–Kier alpha value is -1.93. The van der Waals surface area contributed by atoms with Crippen molar-refractivity contribution in [3.05, 3.63) is 51.0 Å². The van der Waals surface area contributed by atoms with Crippen LogP contribution in [-0.2, 0) is 10.5 Å². The van der Waals surface area contributed by atoms with E-state index in [1.165, 1.54) is 29.2 Å². The molecule has 0 radical (unpaired) electrons. The molecule has 0 fully saturated rings. The Bertz CT molecular complexity index is 658. The fourth-order valence-corrected chi connectivity index (χ4v) is 3.16. The Kier molecular flexibility index (Phi) is 5.29. The quantitative estimate of drug-likeness (QED) is 0.651. The Morgan fingerprint density at radius 2 is 2.24 bits per heavy atom. The Morgan fingerprint density at radius 1 is 1.48 bits per heavy atom. The van der Waals surface area contributed by atoms with E-state index in [0.717, 1.165) is 5.69 Å². The highest BCUT2D eigenvalue weighted by atomic mass is 32.2. The monoisotopic (exact) mass is 323 g/mol. The van der Waals surface area contributed by atoms with Crippen molar-refractivity contribution < 1.29 is 9.72 Å². The van der Waals surface area contributed by atoms with Crippen LogP contribution in [0.3, 0.4) is 0 Å². The fourth-order valence-electron chi connectivity index (χ4n) is 1.63. The van der Waals surface area contributed by atoms with Crippen LogP contribution in [0.1, 0.15) is 11.3 Å². The summed E-state index contributed by atoms with van der Waals surface area (Å²) in [5.74, 6) is 0.486. The average molecular weight is 323 g/mol. The first-order chi connectivity index (χ1) is 10.1. The maximum Gasteiger partial charge on any atom is 0.273 e. The van der Waals surface area contributed by atoms with Crippen molar-refractivity contribution in [1.29, 1.82) is 0 Å². The second kappa shape index (κ2) is 7.19. The molecule has 2 rings (SSSR count). The van der Waals surface area contributed by atoms with Crippen molar-refractivity contribution in [3.8, 4) is 0 Å². The average Bonchev–Trinajstić information content (AvgIpc) is 2.84. The third kappa shape index (κ3) is 4.54. The lowest BCUT2D eigenvalue weighted by molar-refractivity contribution is -0.385. The van der Waals surface area contributed by atoms with Crippen LogP contribution >= 0.6 is 23.1 Å². The minimum Gasteiger partial charge on any atom is -0.301 e. The van der Waals surface area contributed by atoms with E-state index >= 15 is 0 Å². The summed E-state index contributed by atoms with van der Waals surface area (Å²) in [6.07, 6.45) is 0. The van der Waals surface area contributed by atoms with Crippen LogP contribution in [0.15, 0.2) is 29.6 Å². The molecule has 1 heterocycles. The number of benzene rings is 1. The summed E-state index contributed by atoms with van der Waals surface area (Å²) >= 11 is 2.70. The minimum absolute atomic E-state index is 0.0842. The molecular weight excluding hydrogens is 310 g/mol. The topological polar surface area (TPSA) is 85.1 Å². The molecule has 0 atom stereocenters. The number of aromatic nitrogens is 1. The molecule has 0 aliphatic rings. The smallest absolute Gasteiger partial charge is 0.273 e. The second-order valence-electron chi connectivity index (χ2n) is 4.22. The van der Waals surface area contributed by atoms with Gasteiger partial charge in [0.15, 0.2) is 5.13 Å². The number of nitrogens with one attached hydrogen (secondary N) is 1. The first-order valence-corrected chi connectivity index (χ1v) is 8.11. The molecule has 0 saturated carbocycles. The van der Waals surface area contributed by atoms with Crippen molar-refractivity contribution in [2.75, 3.05) is 11.1 Å². The van der Waals surface area contributed by atoms with Gasteiger partial charge in [0.2, 0.25) is 5.91 Å². The highest BCUT2D eigenvalue weighted by molar-refractivity contribution is 7.99. The Balaban J connectivity index is 1.84. The van der Waals surface area contributed by atoms with E-state index < -0.39 is 4.92 Å². The SMILES string of the molecule is Cc1csc(NC(=O)CSCc2ccccc2[N+](=O)[O-])n1. The summed E-state index contributed by atoms with van der Waals surface area (Å²) in [5.41, 5.74) is 1.56. The number of nitrogens with zero attached hydrogens (tertiary/aromatic N) is 2. The molecule has 1 N–H and O–H groups in total. The third-order valence-electron chi connectivity index (χ3n) is 2.54. The van der Waals surface area contributed by atoms with Crippen LogP contribution in [0, 0.1) is 17.0 Å². The second-order valence-corrected chi connectivity index (χ2v) is 6.06. The molecule has 1 aromatic heterocycles. The van der Waals surface area contributed by atoms with Crippen molar-refractivity contribution in [1.82, 2.24) is 4.98 Å².